The van der Waals surface area contributed by atoms with E-state index >= 15 is 0 Å². The fraction of sp³-hybridized carbons (Fsp3) is 0.167. The van der Waals surface area contributed by atoms with Gasteiger partial charge in [0.2, 0.25) is 0 Å². The van der Waals surface area contributed by atoms with Crippen LogP contribution in [-0.4, -0.2) is 6.16 Å². The predicted molar refractivity (Wildman–Crippen MR) is 114 cm³/mol. The summed E-state index contributed by atoms with van der Waals surface area (Å²) in [7, 11) is -1.65. The summed E-state index contributed by atoms with van der Waals surface area (Å²) in [5.74, 6) is 0. The molecular weight excluding hydrogens is 399 g/mol. The topological polar surface area (TPSA) is 0 Å². The quantitative estimate of drug-likeness (QED) is 0.420. The summed E-state index contributed by atoms with van der Waals surface area (Å²) in [6.45, 7) is 4.38. The molecule has 0 aromatic heterocycles. The van der Waals surface area contributed by atoms with Gasteiger partial charge in [-0.15, -0.1) is 0 Å². The Morgan fingerprint density at radius 3 is 1.31 bits per heavy atom. The van der Waals surface area contributed by atoms with E-state index in [0.29, 0.717) is 0 Å². The molecule has 0 saturated heterocycles. The minimum Gasteiger partial charge on any atom is -1.00 e. The summed E-state index contributed by atoms with van der Waals surface area (Å²) in [5, 5.41) is 4.40. The van der Waals surface area contributed by atoms with Gasteiger partial charge in [0.05, 0.1) is 6.16 Å². The molecule has 0 saturated carbocycles. The Kier molecular flexibility index (Phi) is 7.82. The molecule has 0 heterocycles. The summed E-state index contributed by atoms with van der Waals surface area (Å²) >= 11 is 0. The van der Waals surface area contributed by atoms with E-state index in [4.69, 9.17) is 0 Å². The first kappa shape index (κ1) is 20.6. The summed E-state index contributed by atoms with van der Waals surface area (Å²) in [4.78, 5) is 0. The maximum absolute atomic E-state index is 2.38. The van der Waals surface area contributed by atoms with E-state index in [1.54, 1.807) is 0 Å². The highest BCUT2D eigenvalue weighted by Gasteiger charge is 2.44. The molecule has 0 aliphatic heterocycles. The van der Waals surface area contributed by atoms with Crippen LogP contribution in [0.2, 0.25) is 0 Å². The smallest absolute Gasteiger partial charge is 0.112 e. The Balaban J connectivity index is 0.00000243. The van der Waals surface area contributed by atoms with Gasteiger partial charge in [0, 0.05) is 6.42 Å². The Morgan fingerprint density at radius 2 is 1.00 bits per heavy atom. The Labute approximate surface area is 169 Å². The number of halogens is 1. The fourth-order valence-electron chi connectivity index (χ4n) is 3.43. The molecule has 0 radical (unpaired) electrons. The first-order valence-corrected chi connectivity index (χ1v) is 10.9. The predicted octanol–water partition coefficient (Wildman–Crippen LogP) is 2.34. The Hall–Kier alpha value is -1.69. The number of hydrogen-bond donors (Lipinski definition) is 0. The van der Waals surface area contributed by atoms with E-state index in [9.17, 15) is 0 Å². The van der Waals surface area contributed by atoms with E-state index in [1.165, 1.54) is 21.5 Å². The fourth-order valence-corrected chi connectivity index (χ4v) is 7.66. The third kappa shape index (κ3) is 4.53. The number of benzene rings is 3. The molecule has 2 heteroatoms. The van der Waals surface area contributed by atoms with Crippen molar-refractivity contribution in [3.63, 3.8) is 0 Å². The first-order chi connectivity index (χ1) is 12.2. The van der Waals surface area contributed by atoms with Crippen LogP contribution in [0.4, 0.5) is 0 Å². The molecule has 0 nitrogen and oxygen atoms in total. The van der Waals surface area contributed by atoms with Crippen molar-refractivity contribution in [2.45, 2.75) is 20.3 Å². The van der Waals surface area contributed by atoms with Gasteiger partial charge in [0.15, 0.2) is 0 Å². The van der Waals surface area contributed by atoms with Crippen LogP contribution in [0, 0.1) is 0 Å². The molecular formula is C24H26BrP. The minimum atomic E-state index is -1.65. The minimum absolute atomic E-state index is 0. The van der Waals surface area contributed by atoms with Crippen LogP contribution in [-0.2, 0) is 0 Å². The normalized spacial score (nSPS) is 10.7. The first-order valence-electron chi connectivity index (χ1n) is 8.92. The van der Waals surface area contributed by atoms with E-state index in [1.807, 2.05) is 0 Å². The monoisotopic (exact) mass is 424 g/mol. The molecule has 26 heavy (non-hydrogen) atoms. The Morgan fingerprint density at radius 1 is 0.654 bits per heavy atom. The molecule has 134 valence electrons. The highest BCUT2D eigenvalue weighted by Crippen LogP contribution is 2.55. The molecule has 0 unspecified atom stereocenters. The number of allylic oxidation sites excluding steroid dienone is 2. The van der Waals surface area contributed by atoms with Gasteiger partial charge in [-0.1, -0.05) is 66.2 Å². The molecule has 0 N–H and O–H groups in total. The van der Waals surface area contributed by atoms with Gasteiger partial charge in [0.1, 0.15) is 23.2 Å². The highest BCUT2D eigenvalue weighted by atomic mass is 79.9. The maximum atomic E-state index is 2.38. The standard InChI is InChI=1S/C24H26P.BrH/c1-21(2)13-12-20-25(22-14-6-3-7-15-22,23-16-8-4-9-17-23)24-18-10-5-11-19-24;/h3-11,13-19H,12,20H2,1-2H3;1H/q+1;/p-1. The molecule has 0 atom stereocenters. The zero-order chi connectivity index (χ0) is 17.5. The van der Waals surface area contributed by atoms with Crippen LogP contribution >= 0.6 is 7.26 Å². The molecule has 0 amide bonds. The summed E-state index contributed by atoms with van der Waals surface area (Å²) in [6.07, 6.45) is 4.65. The van der Waals surface area contributed by atoms with Crippen molar-refractivity contribution in [1.29, 1.82) is 0 Å². The Bertz CT molecular complexity index is 710. The van der Waals surface area contributed by atoms with Crippen molar-refractivity contribution in [1.82, 2.24) is 0 Å². The SMILES string of the molecule is CC(C)=CCC[P+](c1ccccc1)(c1ccccc1)c1ccccc1.[Br-]. The maximum Gasteiger partial charge on any atom is 0.112 e. The molecule has 3 aromatic rings. The lowest BCUT2D eigenvalue weighted by Gasteiger charge is -2.27. The summed E-state index contributed by atoms with van der Waals surface area (Å²) in [6, 6.07) is 33.3. The molecule has 0 spiro atoms. The van der Waals surface area contributed by atoms with Gasteiger partial charge in [0.25, 0.3) is 0 Å². The van der Waals surface area contributed by atoms with Crippen LogP contribution in [0.3, 0.4) is 0 Å². The van der Waals surface area contributed by atoms with Crippen LogP contribution < -0.4 is 32.9 Å². The largest absolute Gasteiger partial charge is 1.00 e. The van der Waals surface area contributed by atoms with E-state index in [0.717, 1.165) is 12.6 Å². The van der Waals surface area contributed by atoms with Crippen molar-refractivity contribution in [3.8, 4) is 0 Å². The summed E-state index contributed by atoms with van der Waals surface area (Å²) < 4.78 is 0. The van der Waals surface area contributed by atoms with Crippen molar-refractivity contribution >= 4 is 23.2 Å². The van der Waals surface area contributed by atoms with Crippen LogP contribution in [0.25, 0.3) is 0 Å². The zero-order valence-corrected chi connectivity index (χ0v) is 18.0. The lowest BCUT2D eigenvalue weighted by Crippen LogP contribution is -3.00. The highest BCUT2D eigenvalue weighted by molar-refractivity contribution is 7.95. The van der Waals surface area contributed by atoms with Gasteiger partial charge in [-0.25, -0.2) is 0 Å². The van der Waals surface area contributed by atoms with Gasteiger partial charge in [-0.05, 0) is 50.2 Å². The zero-order valence-electron chi connectivity index (χ0n) is 15.5. The van der Waals surface area contributed by atoms with E-state index in [2.05, 4.69) is 111 Å². The van der Waals surface area contributed by atoms with Gasteiger partial charge in [-0.3, -0.25) is 0 Å². The van der Waals surface area contributed by atoms with Gasteiger partial charge < -0.3 is 17.0 Å². The second-order valence-corrected chi connectivity index (χ2v) is 10.2. The van der Waals surface area contributed by atoms with E-state index in [-0.39, 0.29) is 17.0 Å². The second-order valence-electron chi connectivity index (χ2n) is 6.61. The van der Waals surface area contributed by atoms with Crippen LogP contribution in [0.1, 0.15) is 20.3 Å². The average Bonchev–Trinajstić information content (AvgIpc) is 2.67. The molecule has 0 aliphatic carbocycles. The molecule has 0 fully saturated rings. The van der Waals surface area contributed by atoms with Crippen molar-refractivity contribution in [3.05, 3.63) is 103 Å². The lowest BCUT2D eigenvalue weighted by molar-refractivity contribution is -0.00000504. The van der Waals surface area contributed by atoms with E-state index < -0.39 is 7.26 Å². The summed E-state index contributed by atoms with van der Waals surface area (Å²) in [5.41, 5.74) is 1.40. The third-order valence-corrected chi connectivity index (χ3v) is 9.08. The third-order valence-electron chi connectivity index (χ3n) is 4.61. The number of rotatable bonds is 6. The molecule has 0 aliphatic rings. The average molecular weight is 425 g/mol. The second kappa shape index (κ2) is 9.86. The molecule has 0 bridgehead atoms. The number of hydrogen-bond acceptors (Lipinski definition) is 0. The van der Waals surface area contributed by atoms with Crippen molar-refractivity contribution in [2.24, 2.45) is 0 Å². The van der Waals surface area contributed by atoms with Crippen molar-refractivity contribution in [2.75, 3.05) is 6.16 Å². The van der Waals surface area contributed by atoms with Crippen LogP contribution in [0.5, 0.6) is 0 Å². The molecule has 3 rings (SSSR count). The van der Waals surface area contributed by atoms with Crippen molar-refractivity contribution < 1.29 is 17.0 Å². The lowest BCUT2D eigenvalue weighted by atomic mass is 10.3. The molecule has 3 aromatic carbocycles. The van der Waals surface area contributed by atoms with Crippen LogP contribution in [0.15, 0.2) is 103 Å². The van der Waals surface area contributed by atoms with Gasteiger partial charge >= 0.3 is 0 Å². The van der Waals surface area contributed by atoms with Gasteiger partial charge in [-0.2, -0.15) is 0 Å².